The Kier molecular flexibility index (Phi) is 3.55. The third-order valence-corrected chi connectivity index (χ3v) is 3.07. The van der Waals surface area contributed by atoms with E-state index in [1.165, 1.54) is 17.4 Å². The van der Waals surface area contributed by atoms with Gasteiger partial charge in [0.15, 0.2) is 0 Å². The number of hydrogen-bond donors (Lipinski definition) is 1. The van der Waals surface area contributed by atoms with Gasteiger partial charge >= 0.3 is 0 Å². The summed E-state index contributed by atoms with van der Waals surface area (Å²) in [5, 5.41) is 16.0. The molecule has 0 saturated carbocycles. The summed E-state index contributed by atoms with van der Waals surface area (Å²) in [7, 11) is 0. The minimum Gasteiger partial charge on any atom is -0.373 e. The van der Waals surface area contributed by atoms with Crippen LogP contribution in [0.5, 0.6) is 0 Å². The Labute approximate surface area is 106 Å². The van der Waals surface area contributed by atoms with Gasteiger partial charge < -0.3 is 5.32 Å². The molecule has 0 radical (unpaired) electrons. The number of nitro benzene ring substituents is 1. The van der Waals surface area contributed by atoms with E-state index in [2.05, 4.69) is 10.3 Å². The van der Waals surface area contributed by atoms with E-state index in [9.17, 15) is 10.1 Å². The van der Waals surface area contributed by atoms with Gasteiger partial charge in [-0.05, 0) is 6.07 Å². The van der Waals surface area contributed by atoms with Crippen LogP contribution in [-0.4, -0.2) is 9.91 Å². The van der Waals surface area contributed by atoms with Crippen molar-refractivity contribution in [2.45, 2.75) is 6.54 Å². The van der Waals surface area contributed by atoms with Gasteiger partial charge in [0.2, 0.25) is 0 Å². The highest BCUT2D eigenvalue weighted by Gasteiger charge is 2.16. The first-order valence-corrected chi connectivity index (χ1v) is 6.04. The maximum atomic E-state index is 10.8. The molecule has 1 aromatic carbocycles. The summed E-state index contributed by atoms with van der Waals surface area (Å²) in [4.78, 5) is 14.4. The van der Waals surface area contributed by atoms with Crippen molar-refractivity contribution in [2.24, 2.45) is 0 Å². The Morgan fingerprint density at radius 2 is 2.35 bits per heavy atom. The SMILES string of the molecule is O=[N+]([O-])c1cccc(Cl)c1NCc1cscn1. The summed E-state index contributed by atoms with van der Waals surface area (Å²) < 4.78 is 0. The fraction of sp³-hybridized carbons (Fsp3) is 0.100. The summed E-state index contributed by atoms with van der Waals surface area (Å²) >= 11 is 7.40. The van der Waals surface area contributed by atoms with Crippen molar-refractivity contribution in [3.8, 4) is 0 Å². The van der Waals surface area contributed by atoms with Gasteiger partial charge in [-0.3, -0.25) is 10.1 Å². The van der Waals surface area contributed by atoms with Gasteiger partial charge in [0.1, 0.15) is 5.69 Å². The molecule has 1 aromatic heterocycles. The molecule has 0 fully saturated rings. The first-order chi connectivity index (χ1) is 8.18. The smallest absolute Gasteiger partial charge is 0.293 e. The van der Waals surface area contributed by atoms with Crippen molar-refractivity contribution in [3.05, 3.63) is 49.9 Å². The van der Waals surface area contributed by atoms with Crippen LogP contribution in [0.3, 0.4) is 0 Å². The highest BCUT2D eigenvalue weighted by molar-refractivity contribution is 7.07. The molecule has 88 valence electrons. The van der Waals surface area contributed by atoms with Gasteiger partial charge in [-0.1, -0.05) is 17.7 Å². The Hall–Kier alpha value is -1.66. The van der Waals surface area contributed by atoms with E-state index in [1.54, 1.807) is 17.6 Å². The molecule has 0 aliphatic carbocycles. The molecular formula is C10H8ClN3O2S. The monoisotopic (exact) mass is 269 g/mol. The summed E-state index contributed by atoms with van der Waals surface area (Å²) in [6.07, 6.45) is 0. The van der Waals surface area contributed by atoms with Crippen LogP contribution in [0, 0.1) is 10.1 Å². The fourth-order valence-electron chi connectivity index (χ4n) is 1.34. The lowest BCUT2D eigenvalue weighted by Gasteiger charge is -2.07. The van der Waals surface area contributed by atoms with Crippen LogP contribution >= 0.6 is 22.9 Å². The van der Waals surface area contributed by atoms with Gasteiger partial charge in [0.05, 0.1) is 27.7 Å². The third-order valence-electron chi connectivity index (χ3n) is 2.12. The number of rotatable bonds is 4. The van der Waals surface area contributed by atoms with Crippen molar-refractivity contribution >= 4 is 34.3 Å². The molecule has 2 rings (SSSR count). The first-order valence-electron chi connectivity index (χ1n) is 4.72. The molecule has 0 aliphatic rings. The van der Waals surface area contributed by atoms with Gasteiger partial charge in [0.25, 0.3) is 5.69 Å². The quantitative estimate of drug-likeness (QED) is 0.683. The molecule has 0 bridgehead atoms. The minimum absolute atomic E-state index is 0.0345. The van der Waals surface area contributed by atoms with Crippen molar-refractivity contribution in [1.82, 2.24) is 4.98 Å². The molecule has 0 amide bonds. The van der Waals surface area contributed by atoms with E-state index < -0.39 is 4.92 Å². The molecule has 1 N–H and O–H groups in total. The number of nitrogens with one attached hydrogen (secondary N) is 1. The number of anilines is 1. The average Bonchev–Trinajstić information content (AvgIpc) is 2.80. The summed E-state index contributed by atoms with van der Waals surface area (Å²) in [5.41, 5.74) is 2.82. The lowest BCUT2D eigenvalue weighted by atomic mass is 10.2. The Morgan fingerprint density at radius 1 is 1.53 bits per heavy atom. The van der Waals surface area contributed by atoms with Crippen molar-refractivity contribution in [3.63, 3.8) is 0 Å². The summed E-state index contributed by atoms with van der Waals surface area (Å²) in [5.74, 6) is 0. The van der Waals surface area contributed by atoms with E-state index in [4.69, 9.17) is 11.6 Å². The second-order valence-corrected chi connectivity index (χ2v) is 4.35. The first kappa shape index (κ1) is 11.8. The Bertz CT molecular complexity index is 530. The van der Waals surface area contributed by atoms with E-state index in [0.29, 0.717) is 17.3 Å². The van der Waals surface area contributed by atoms with E-state index in [0.717, 1.165) is 5.69 Å². The number of nitrogens with zero attached hydrogens (tertiary/aromatic N) is 2. The maximum Gasteiger partial charge on any atom is 0.293 e. The largest absolute Gasteiger partial charge is 0.373 e. The number of hydrogen-bond acceptors (Lipinski definition) is 5. The number of halogens is 1. The number of para-hydroxylation sites is 1. The second kappa shape index (κ2) is 5.11. The van der Waals surface area contributed by atoms with Gasteiger partial charge in [-0.25, -0.2) is 4.98 Å². The summed E-state index contributed by atoms with van der Waals surface area (Å²) in [6.45, 7) is 0.411. The van der Waals surface area contributed by atoms with E-state index >= 15 is 0 Å². The molecule has 7 heteroatoms. The standard InChI is InChI=1S/C10H8ClN3O2S/c11-8-2-1-3-9(14(15)16)10(8)12-4-7-5-17-6-13-7/h1-3,5-6,12H,4H2. The Morgan fingerprint density at radius 3 is 3.00 bits per heavy atom. The maximum absolute atomic E-state index is 10.8. The normalized spacial score (nSPS) is 10.2. The molecule has 0 saturated heterocycles. The van der Waals surface area contributed by atoms with Crippen LogP contribution in [0.2, 0.25) is 5.02 Å². The number of benzene rings is 1. The summed E-state index contributed by atoms with van der Waals surface area (Å²) in [6, 6.07) is 4.57. The molecule has 0 atom stereocenters. The zero-order chi connectivity index (χ0) is 12.3. The topological polar surface area (TPSA) is 68.1 Å². The zero-order valence-electron chi connectivity index (χ0n) is 8.59. The number of aromatic nitrogens is 1. The predicted molar refractivity (Wildman–Crippen MR) is 67.5 cm³/mol. The Balaban J connectivity index is 2.22. The predicted octanol–water partition coefficient (Wildman–Crippen LogP) is 3.32. The van der Waals surface area contributed by atoms with Crippen LogP contribution in [0.4, 0.5) is 11.4 Å². The van der Waals surface area contributed by atoms with Crippen molar-refractivity contribution < 1.29 is 4.92 Å². The van der Waals surface area contributed by atoms with Gasteiger partial charge in [-0.2, -0.15) is 0 Å². The highest BCUT2D eigenvalue weighted by atomic mass is 35.5. The van der Waals surface area contributed by atoms with E-state index in [-0.39, 0.29) is 5.69 Å². The zero-order valence-corrected chi connectivity index (χ0v) is 10.2. The minimum atomic E-state index is -0.463. The molecule has 17 heavy (non-hydrogen) atoms. The molecule has 0 unspecified atom stereocenters. The lowest BCUT2D eigenvalue weighted by Crippen LogP contribution is -2.03. The van der Waals surface area contributed by atoms with E-state index in [1.807, 2.05) is 5.38 Å². The van der Waals surface area contributed by atoms with Crippen molar-refractivity contribution in [1.29, 1.82) is 0 Å². The average molecular weight is 270 g/mol. The van der Waals surface area contributed by atoms with Crippen LogP contribution in [0.25, 0.3) is 0 Å². The molecular weight excluding hydrogens is 262 g/mol. The third kappa shape index (κ3) is 2.72. The van der Waals surface area contributed by atoms with Crippen LogP contribution < -0.4 is 5.32 Å². The fourth-order valence-corrected chi connectivity index (χ4v) is 2.14. The van der Waals surface area contributed by atoms with Crippen LogP contribution in [-0.2, 0) is 6.54 Å². The second-order valence-electron chi connectivity index (χ2n) is 3.22. The van der Waals surface area contributed by atoms with Gasteiger partial charge in [0, 0.05) is 11.4 Å². The number of thiazole rings is 1. The molecule has 0 spiro atoms. The molecule has 0 aliphatic heterocycles. The lowest BCUT2D eigenvalue weighted by molar-refractivity contribution is -0.383. The van der Waals surface area contributed by atoms with Gasteiger partial charge in [-0.15, -0.1) is 11.3 Å². The van der Waals surface area contributed by atoms with Crippen molar-refractivity contribution in [2.75, 3.05) is 5.32 Å². The van der Waals surface area contributed by atoms with Crippen LogP contribution in [0.15, 0.2) is 29.1 Å². The van der Waals surface area contributed by atoms with Crippen LogP contribution in [0.1, 0.15) is 5.69 Å². The molecule has 1 heterocycles. The molecule has 2 aromatic rings. The number of nitro groups is 1. The molecule has 5 nitrogen and oxygen atoms in total. The highest BCUT2D eigenvalue weighted by Crippen LogP contribution is 2.32.